The molecule has 0 amide bonds. The number of rotatable bonds is 5. The van der Waals surface area contributed by atoms with E-state index in [9.17, 15) is 18.5 Å². The van der Waals surface area contributed by atoms with E-state index in [1.807, 2.05) is 0 Å². The number of nitrogens with zero attached hydrogens (tertiary/aromatic N) is 2. The van der Waals surface area contributed by atoms with Gasteiger partial charge in [0.05, 0.1) is 15.5 Å². The van der Waals surface area contributed by atoms with Crippen LogP contribution in [-0.2, 0) is 10.0 Å². The van der Waals surface area contributed by atoms with Gasteiger partial charge in [-0.25, -0.2) is 13.6 Å². The summed E-state index contributed by atoms with van der Waals surface area (Å²) in [5, 5.41) is 20.7. The van der Waals surface area contributed by atoms with Gasteiger partial charge < -0.3 is 0 Å². The number of nitro groups is 1. The van der Waals surface area contributed by atoms with E-state index < -0.39 is 20.6 Å². The van der Waals surface area contributed by atoms with Crippen molar-refractivity contribution >= 4 is 38.7 Å². The molecule has 0 heterocycles. The van der Waals surface area contributed by atoms with E-state index in [2.05, 4.69) is 10.5 Å². The third-order valence-corrected chi connectivity index (χ3v) is 4.26. The highest BCUT2D eigenvalue weighted by Gasteiger charge is 2.18. The molecule has 0 aromatic heterocycles. The number of benzene rings is 2. The van der Waals surface area contributed by atoms with E-state index >= 15 is 0 Å². The number of anilines is 1. The molecule has 0 bridgehead atoms. The third kappa shape index (κ3) is 4.28. The highest BCUT2D eigenvalue weighted by atomic mass is 35.5. The summed E-state index contributed by atoms with van der Waals surface area (Å²) in [5.74, 6) is 0. The molecule has 3 N–H and O–H groups in total. The number of halogens is 1. The molecule has 10 heteroatoms. The van der Waals surface area contributed by atoms with Gasteiger partial charge in [0, 0.05) is 11.1 Å². The summed E-state index contributed by atoms with van der Waals surface area (Å²) in [6.07, 6.45) is 0. The number of nitrogens with two attached hydrogens (primary N) is 1. The standard InChI is InChI=1S/C14H13ClN4O4S/c1-9(10-2-4-11(15)5-3-10)17-18-13-7-6-12(24(16,22)23)8-14(13)19(20)21/h2-8,18H,1H3,(H2,16,22,23)/b17-9+. The van der Waals surface area contributed by atoms with Crippen molar-refractivity contribution in [3.63, 3.8) is 0 Å². The van der Waals surface area contributed by atoms with Crippen molar-refractivity contribution in [3.8, 4) is 0 Å². The van der Waals surface area contributed by atoms with Crippen molar-refractivity contribution in [1.29, 1.82) is 0 Å². The number of nitro benzene ring substituents is 1. The van der Waals surface area contributed by atoms with Crippen molar-refractivity contribution in [3.05, 3.63) is 63.2 Å². The Balaban J connectivity index is 2.33. The second kappa shape index (κ2) is 6.95. The van der Waals surface area contributed by atoms with E-state index in [0.717, 1.165) is 17.7 Å². The van der Waals surface area contributed by atoms with E-state index in [-0.39, 0.29) is 10.6 Å². The van der Waals surface area contributed by atoms with Crippen LogP contribution < -0.4 is 10.6 Å². The molecule has 8 nitrogen and oxygen atoms in total. The molecule has 0 saturated carbocycles. The largest absolute Gasteiger partial charge is 0.295 e. The monoisotopic (exact) mass is 368 g/mol. The van der Waals surface area contributed by atoms with Gasteiger partial charge in [-0.2, -0.15) is 5.10 Å². The molecule has 0 aliphatic rings. The zero-order valence-corrected chi connectivity index (χ0v) is 14.0. The molecule has 0 atom stereocenters. The van der Waals surface area contributed by atoms with Gasteiger partial charge >= 0.3 is 0 Å². The predicted octanol–water partition coefficient (Wildman–Crippen LogP) is 2.73. The summed E-state index contributed by atoms with van der Waals surface area (Å²) in [7, 11) is -4.03. The summed E-state index contributed by atoms with van der Waals surface area (Å²) in [6.45, 7) is 1.71. The molecule has 0 fully saturated rings. The van der Waals surface area contributed by atoms with E-state index in [0.29, 0.717) is 10.7 Å². The minimum absolute atomic E-state index is 0.0423. The SMILES string of the molecule is C/C(=N\Nc1ccc(S(N)(=O)=O)cc1[N+](=O)[O-])c1ccc(Cl)cc1. The summed E-state index contributed by atoms with van der Waals surface area (Å²) < 4.78 is 22.6. The molecular formula is C14H13ClN4O4S. The number of hydrazone groups is 1. The van der Waals surface area contributed by atoms with Crippen molar-refractivity contribution in [2.75, 3.05) is 5.43 Å². The highest BCUT2D eigenvalue weighted by molar-refractivity contribution is 7.89. The molecule has 0 unspecified atom stereocenters. The first-order chi connectivity index (χ1) is 11.2. The van der Waals surface area contributed by atoms with Crippen LogP contribution >= 0.6 is 11.6 Å². The molecule has 24 heavy (non-hydrogen) atoms. The number of nitrogens with one attached hydrogen (secondary N) is 1. The van der Waals surface area contributed by atoms with Crippen molar-refractivity contribution in [2.24, 2.45) is 10.2 Å². The van der Waals surface area contributed by atoms with Crippen LogP contribution in [0, 0.1) is 10.1 Å². The molecule has 0 aliphatic heterocycles. The molecule has 2 aromatic carbocycles. The van der Waals surface area contributed by atoms with Gasteiger partial charge in [-0.3, -0.25) is 15.5 Å². The van der Waals surface area contributed by atoms with Crippen LogP contribution in [0.25, 0.3) is 0 Å². The first-order valence-corrected chi connectivity index (χ1v) is 8.48. The van der Waals surface area contributed by atoms with Crippen LogP contribution in [0.3, 0.4) is 0 Å². The summed E-state index contributed by atoms with van der Waals surface area (Å²) >= 11 is 5.81. The molecule has 0 radical (unpaired) electrons. The number of hydrogen-bond donors (Lipinski definition) is 2. The van der Waals surface area contributed by atoms with Crippen LogP contribution in [0.2, 0.25) is 5.02 Å². The minimum atomic E-state index is -4.03. The fraction of sp³-hybridized carbons (Fsp3) is 0.0714. The quantitative estimate of drug-likeness (QED) is 0.476. The summed E-state index contributed by atoms with van der Waals surface area (Å²) in [5.41, 5.74) is 3.50. The summed E-state index contributed by atoms with van der Waals surface area (Å²) in [4.78, 5) is 10.1. The average Bonchev–Trinajstić information content (AvgIpc) is 2.52. The van der Waals surface area contributed by atoms with Gasteiger partial charge in [0.1, 0.15) is 5.69 Å². The number of primary sulfonamides is 1. The fourth-order valence-electron chi connectivity index (χ4n) is 1.83. The summed E-state index contributed by atoms with van der Waals surface area (Å²) in [6, 6.07) is 10.2. The van der Waals surface area contributed by atoms with Crippen molar-refractivity contribution in [1.82, 2.24) is 0 Å². The van der Waals surface area contributed by atoms with Crippen LogP contribution in [0.4, 0.5) is 11.4 Å². The second-order valence-corrected chi connectivity index (χ2v) is 6.79. The van der Waals surface area contributed by atoms with E-state index in [1.165, 1.54) is 6.07 Å². The van der Waals surface area contributed by atoms with Crippen LogP contribution in [-0.4, -0.2) is 19.1 Å². The third-order valence-electron chi connectivity index (χ3n) is 3.10. The second-order valence-electron chi connectivity index (χ2n) is 4.80. The number of hydrogen-bond acceptors (Lipinski definition) is 6. The first kappa shape index (κ1) is 17.9. The Kier molecular flexibility index (Phi) is 5.17. The molecule has 126 valence electrons. The molecule has 2 aromatic rings. The van der Waals surface area contributed by atoms with Crippen molar-refractivity contribution < 1.29 is 13.3 Å². The van der Waals surface area contributed by atoms with Gasteiger partial charge in [0.2, 0.25) is 10.0 Å². The molecular weight excluding hydrogens is 356 g/mol. The Labute approximate surface area is 143 Å². The zero-order valence-electron chi connectivity index (χ0n) is 12.4. The Morgan fingerprint density at radius 1 is 1.25 bits per heavy atom. The Bertz CT molecular complexity index is 911. The normalized spacial score (nSPS) is 12.0. The molecule has 0 aliphatic carbocycles. The van der Waals surface area contributed by atoms with Crippen LogP contribution in [0.1, 0.15) is 12.5 Å². The zero-order chi connectivity index (χ0) is 17.9. The maximum Gasteiger partial charge on any atom is 0.295 e. The minimum Gasteiger partial charge on any atom is -0.271 e. The van der Waals surface area contributed by atoms with Crippen molar-refractivity contribution in [2.45, 2.75) is 11.8 Å². The Hall–Kier alpha value is -2.49. The Morgan fingerprint density at radius 2 is 1.88 bits per heavy atom. The maximum atomic E-state index is 11.3. The van der Waals surface area contributed by atoms with Crippen LogP contribution in [0.15, 0.2) is 52.5 Å². The highest BCUT2D eigenvalue weighted by Crippen LogP contribution is 2.27. The lowest BCUT2D eigenvalue weighted by Crippen LogP contribution is -2.12. The molecule has 2 rings (SSSR count). The lowest BCUT2D eigenvalue weighted by Gasteiger charge is -2.06. The van der Waals surface area contributed by atoms with E-state index in [4.69, 9.17) is 16.7 Å². The molecule has 0 saturated heterocycles. The maximum absolute atomic E-state index is 11.3. The fourth-order valence-corrected chi connectivity index (χ4v) is 2.49. The van der Waals surface area contributed by atoms with E-state index in [1.54, 1.807) is 31.2 Å². The molecule has 0 spiro atoms. The lowest BCUT2D eigenvalue weighted by molar-refractivity contribution is -0.384. The first-order valence-electron chi connectivity index (χ1n) is 6.56. The number of sulfonamides is 1. The van der Waals surface area contributed by atoms with Gasteiger partial charge in [0.25, 0.3) is 5.69 Å². The average molecular weight is 369 g/mol. The van der Waals surface area contributed by atoms with Crippen LogP contribution in [0.5, 0.6) is 0 Å². The van der Waals surface area contributed by atoms with Gasteiger partial charge in [-0.1, -0.05) is 23.7 Å². The van der Waals surface area contributed by atoms with Gasteiger partial charge in [-0.15, -0.1) is 0 Å². The Morgan fingerprint density at radius 3 is 2.42 bits per heavy atom. The smallest absolute Gasteiger partial charge is 0.271 e. The van der Waals surface area contributed by atoms with Gasteiger partial charge in [0.15, 0.2) is 0 Å². The lowest BCUT2D eigenvalue weighted by atomic mass is 10.1. The topological polar surface area (TPSA) is 128 Å². The van der Waals surface area contributed by atoms with Gasteiger partial charge in [-0.05, 0) is 36.8 Å². The predicted molar refractivity (Wildman–Crippen MR) is 91.8 cm³/mol.